The third-order valence-corrected chi connectivity index (χ3v) is 3.35. The number of aromatic nitrogens is 2. The van der Waals surface area contributed by atoms with E-state index in [-0.39, 0.29) is 0 Å². The highest BCUT2D eigenvalue weighted by atomic mass is 35.5. The quantitative estimate of drug-likeness (QED) is 0.588. The van der Waals surface area contributed by atoms with Crippen LogP contribution in [0.2, 0.25) is 5.15 Å². The average Bonchev–Trinajstić information content (AvgIpc) is 2.38. The molecule has 5 nitrogen and oxygen atoms in total. The summed E-state index contributed by atoms with van der Waals surface area (Å²) in [5.41, 5.74) is 0. The molecular weight excluding hydrogens is 264 g/mol. The van der Waals surface area contributed by atoms with Gasteiger partial charge < -0.3 is 15.0 Å². The van der Waals surface area contributed by atoms with Gasteiger partial charge in [0, 0.05) is 12.6 Å². The Balaban J connectivity index is 2.32. The van der Waals surface area contributed by atoms with Gasteiger partial charge in [-0.3, -0.25) is 0 Å². The average molecular weight is 287 g/mol. The van der Waals surface area contributed by atoms with Crippen molar-refractivity contribution in [1.29, 1.82) is 0 Å². The molecule has 1 rings (SSSR count). The number of methoxy groups -OCH3 is 1. The first kappa shape index (κ1) is 16.0. The summed E-state index contributed by atoms with van der Waals surface area (Å²) in [6.45, 7) is 6.34. The second kappa shape index (κ2) is 8.17. The summed E-state index contributed by atoms with van der Waals surface area (Å²) in [5.74, 6) is 1.16. The lowest BCUT2D eigenvalue weighted by atomic mass is 10.2. The van der Waals surface area contributed by atoms with E-state index in [1.165, 1.54) is 6.33 Å². The van der Waals surface area contributed by atoms with Gasteiger partial charge in [0.05, 0.1) is 7.11 Å². The fourth-order valence-electron chi connectivity index (χ4n) is 1.61. The molecule has 0 aliphatic heterocycles. The van der Waals surface area contributed by atoms with Crippen molar-refractivity contribution >= 4 is 17.4 Å². The van der Waals surface area contributed by atoms with Gasteiger partial charge in [-0.1, -0.05) is 11.6 Å². The van der Waals surface area contributed by atoms with E-state index < -0.39 is 0 Å². The molecule has 0 fully saturated rings. The van der Waals surface area contributed by atoms with Crippen LogP contribution < -0.4 is 10.1 Å². The molecule has 0 unspecified atom stereocenters. The van der Waals surface area contributed by atoms with Gasteiger partial charge in [-0.2, -0.15) is 0 Å². The van der Waals surface area contributed by atoms with Gasteiger partial charge in [-0.15, -0.1) is 0 Å². The van der Waals surface area contributed by atoms with E-state index in [1.54, 1.807) is 7.11 Å². The minimum atomic E-state index is 0.333. The fraction of sp³-hybridized carbons (Fsp3) is 0.692. The summed E-state index contributed by atoms with van der Waals surface area (Å²) < 4.78 is 5.18. The highest BCUT2D eigenvalue weighted by Crippen LogP contribution is 2.28. The van der Waals surface area contributed by atoms with Gasteiger partial charge in [0.2, 0.25) is 0 Å². The zero-order chi connectivity index (χ0) is 14.3. The number of nitrogens with one attached hydrogen (secondary N) is 1. The van der Waals surface area contributed by atoms with Crippen LogP contribution in [0.25, 0.3) is 0 Å². The minimum absolute atomic E-state index is 0.333. The Hall–Kier alpha value is -1.07. The van der Waals surface area contributed by atoms with E-state index in [4.69, 9.17) is 16.3 Å². The van der Waals surface area contributed by atoms with Gasteiger partial charge >= 0.3 is 0 Å². The molecule has 0 bridgehead atoms. The third kappa shape index (κ3) is 5.20. The molecule has 0 saturated heterocycles. The van der Waals surface area contributed by atoms with E-state index in [9.17, 15) is 0 Å². The number of ether oxygens (including phenoxy) is 1. The monoisotopic (exact) mass is 286 g/mol. The fourth-order valence-corrected chi connectivity index (χ4v) is 1.82. The maximum Gasteiger partial charge on any atom is 0.198 e. The first-order valence-corrected chi connectivity index (χ1v) is 6.92. The topological polar surface area (TPSA) is 50.3 Å². The Morgan fingerprint density at radius 1 is 1.37 bits per heavy atom. The van der Waals surface area contributed by atoms with Crippen molar-refractivity contribution in [3.63, 3.8) is 0 Å². The normalized spacial score (nSPS) is 11.1. The molecule has 0 amide bonds. The first-order chi connectivity index (χ1) is 9.06. The molecule has 1 aromatic rings. The van der Waals surface area contributed by atoms with Crippen LogP contribution in [0.15, 0.2) is 6.33 Å². The van der Waals surface area contributed by atoms with Gasteiger partial charge in [0.15, 0.2) is 16.7 Å². The van der Waals surface area contributed by atoms with E-state index in [0.29, 0.717) is 22.8 Å². The molecule has 0 radical (unpaired) electrons. The minimum Gasteiger partial charge on any atom is -0.490 e. The molecule has 1 N–H and O–H groups in total. The molecular formula is C13H23ClN4O. The molecule has 1 heterocycles. The molecule has 0 aliphatic rings. The lowest BCUT2D eigenvalue weighted by molar-refractivity contribution is 0.269. The van der Waals surface area contributed by atoms with E-state index in [2.05, 4.69) is 41.1 Å². The van der Waals surface area contributed by atoms with Gasteiger partial charge in [0.25, 0.3) is 0 Å². The summed E-state index contributed by atoms with van der Waals surface area (Å²) >= 11 is 5.92. The van der Waals surface area contributed by atoms with Crippen LogP contribution in [0.4, 0.5) is 5.82 Å². The standard InChI is InChI=1S/C13H23ClN4O/c1-10(2)18(3)8-6-5-7-15-13-11(19-4)12(14)16-9-17-13/h9-10H,5-8H2,1-4H3,(H,15,16,17). The van der Waals surface area contributed by atoms with Crippen molar-refractivity contribution in [3.05, 3.63) is 11.5 Å². The lowest BCUT2D eigenvalue weighted by Gasteiger charge is -2.20. The van der Waals surface area contributed by atoms with Crippen LogP contribution in [-0.4, -0.2) is 48.2 Å². The van der Waals surface area contributed by atoms with Crippen molar-refractivity contribution < 1.29 is 4.74 Å². The summed E-state index contributed by atoms with van der Waals surface area (Å²) in [4.78, 5) is 10.3. The molecule has 0 atom stereocenters. The number of hydrogen-bond acceptors (Lipinski definition) is 5. The zero-order valence-corrected chi connectivity index (χ0v) is 12.9. The van der Waals surface area contributed by atoms with E-state index >= 15 is 0 Å². The smallest absolute Gasteiger partial charge is 0.198 e. The molecule has 0 aromatic carbocycles. The number of halogens is 1. The Labute approximate surface area is 120 Å². The largest absolute Gasteiger partial charge is 0.490 e. The van der Waals surface area contributed by atoms with Crippen molar-refractivity contribution in [3.8, 4) is 5.75 Å². The number of anilines is 1. The summed E-state index contributed by atoms with van der Waals surface area (Å²) in [6.07, 6.45) is 3.64. The van der Waals surface area contributed by atoms with Crippen LogP contribution in [0.1, 0.15) is 26.7 Å². The van der Waals surface area contributed by atoms with Crippen LogP contribution in [-0.2, 0) is 0 Å². The van der Waals surface area contributed by atoms with Gasteiger partial charge in [-0.05, 0) is 40.3 Å². The van der Waals surface area contributed by atoms with Crippen LogP contribution in [0.3, 0.4) is 0 Å². The summed E-state index contributed by atoms with van der Waals surface area (Å²) in [7, 11) is 3.71. The Bertz CT molecular complexity index is 387. The highest BCUT2D eigenvalue weighted by Gasteiger charge is 2.09. The number of hydrogen-bond donors (Lipinski definition) is 1. The summed E-state index contributed by atoms with van der Waals surface area (Å²) in [5, 5.41) is 3.56. The highest BCUT2D eigenvalue weighted by molar-refractivity contribution is 6.31. The Morgan fingerprint density at radius 3 is 2.74 bits per heavy atom. The maximum atomic E-state index is 5.92. The Morgan fingerprint density at radius 2 is 2.11 bits per heavy atom. The van der Waals surface area contributed by atoms with Crippen molar-refractivity contribution in [1.82, 2.24) is 14.9 Å². The van der Waals surface area contributed by atoms with Crippen LogP contribution in [0.5, 0.6) is 5.75 Å². The number of unbranched alkanes of at least 4 members (excludes halogenated alkanes) is 1. The van der Waals surface area contributed by atoms with Gasteiger partial charge in [-0.25, -0.2) is 9.97 Å². The third-order valence-electron chi connectivity index (χ3n) is 3.08. The lowest BCUT2D eigenvalue weighted by Crippen LogP contribution is -2.27. The van der Waals surface area contributed by atoms with Crippen molar-refractivity contribution in [2.24, 2.45) is 0 Å². The second-order valence-electron chi connectivity index (χ2n) is 4.75. The molecule has 19 heavy (non-hydrogen) atoms. The zero-order valence-electron chi connectivity index (χ0n) is 12.1. The number of nitrogens with zero attached hydrogens (tertiary/aromatic N) is 3. The van der Waals surface area contributed by atoms with Crippen LogP contribution in [0, 0.1) is 0 Å². The second-order valence-corrected chi connectivity index (χ2v) is 5.11. The van der Waals surface area contributed by atoms with Crippen LogP contribution >= 0.6 is 11.6 Å². The molecule has 108 valence electrons. The van der Waals surface area contributed by atoms with Gasteiger partial charge in [0.1, 0.15) is 6.33 Å². The summed E-state index contributed by atoms with van der Waals surface area (Å²) in [6, 6.07) is 0.591. The SMILES string of the molecule is COc1c(Cl)ncnc1NCCCCN(C)C(C)C. The Kier molecular flexibility index (Phi) is 6.87. The van der Waals surface area contributed by atoms with Crippen molar-refractivity contribution in [2.45, 2.75) is 32.7 Å². The number of rotatable bonds is 8. The molecule has 0 saturated carbocycles. The molecule has 0 spiro atoms. The van der Waals surface area contributed by atoms with E-state index in [0.717, 1.165) is 25.9 Å². The maximum absolute atomic E-state index is 5.92. The van der Waals surface area contributed by atoms with Crippen molar-refractivity contribution in [2.75, 3.05) is 32.6 Å². The molecule has 0 aliphatic carbocycles. The molecule has 1 aromatic heterocycles. The predicted octanol–water partition coefficient (Wildman–Crippen LogP) is 2.67. The first-order valence-electron chi connectivity index (χ1n) is 6.54. The van der Waals surface area contributed by atoms with E-state index in [1.807, 2.05) is 0 Å². The molecule has 6 heteroatoms. The predicted molar refractivity (Wildman–Crippen MR) is 79.1 cm³/mol.